The van der Waals surface area contributed by atoms with Crippen LogP contribution >= 0.6 is 0 Å². The number of carbonyl (C=O) groups excluding carboxylic acids is 2. The molecule has 0 spiro atoms. The van der Waals surface area contributed by atoms with Crippen LogP contribution in [0.25, 0.3) is 0 Å². The Labute approximate surface area is 116 Å². The second kappa shape index (κ2) is 5.45. The predicted octanol–water partition coefficient (Wildman–Crippen LogP) is 1.78. The van der Waals surface area contributed by atoms with E-state index in [2.05, 4.69) is 10.6 Å². The number of nitriles is 1. The number of fused-ring (bicyclic) bond motifs is 1. The second-order valence-corrected chi connectivity index (χ2v) is 4.44. The van der Waals surface area contributed by atoms with Crippen LogP contribution in [0.1, 0.15) is 13.8 Å². The van der Waals surface area contributed by atoms with Crippen molar-refractivity contribution in [2.45, 2.75) is 20.0 Å². The Morgan fingerprint density at radius 2 is 1.85 bits per heavy atom. The molecular formula is C14H13N3O3. The average Bonchev–Trinajstić information content (AvgIpc) is 2.39. The first-order valence-corrected chi connectivity index (χ1v) is 6.05. The van der Waals surface area contributed by atoms with Crippen LogP contribution in [0, 0.1) is 11.3 Å². The van der Waals surface area contributed by atoms with Crippen LogP contribution < -0.4 is 10.6 Å². The number of carbonyl (C=O) groups is 2. The van der Waals surface area contributed by atoms with Crippen molar-refractivity contribution in [1.29, 1.82) is 5.26 Å². The summed E-state index contributed by atoms with van der Waals surface area (Å²) < 4.78 is 4.95. The van der Waals surface area contributed by atoms with Crippen molar-refractivity contribution in [2.75, 3.05) is 10.6 Å². The third kappa shape index (κ3) is 2.62. The van der Waals surface area contributed by atoms with Crippen molar-refractivity contribution in [1.82, 2.24) is 0 Å². The minimum absolute atomic E-state index is 0.100. The van der Waals surface area contributed by atoms with Crippen molar-refractivity contribution in [3.63, 3.8) is 0 Å². The molecule has 1 aliphatic rings. The molecule has 1 amide bonds. The standard InChI is InChI=1S/C14H13N3O3/c1-8(2)20-14(19)9(7-15)12-13(18)17-11-6-4-3-5-10(11)16-12/h3-6,8,16H,1-2H3,(H,17,18)/b12-9-. The van der Waals surface area contributed by atoms with E-state index in [1.807, 2.05) is 0 Å². The summed E-state index contributed by atoms with van der Waals surface area (Å²) in [6.45, 7) is 3.34. The Bertz CT molecular complexity index is 641. The molecule has 0 atom stereocenters. The van der Waals surface area contributed by atoms with Gasteiger partial charge in [-0.3, -0.25) is 4.79 Å². The van der Waals surface area contributed by atoms with Crippen LogP contribution in [-0.2, 0) is 14.3 Å². The Balaban J connectivity index is 2.40. The summed E-state index contributed by atoms with van der Waals surface area (Å²) in [6, 6.07) is 8.72. The third-order valence-electron chi connectivity index (χ3n) is 2.57. The monoisotopic (exact) mass is 271 g/mol. The van der Waals surface area contributed by atoms with E-state index in [9.17, 15) is 9.59 Å². The molecule has 0 fully saturated rings. The van der Waals surface area contributed by atoms with Crippen LogP contribution in [0.3, 0.4) is 0 Å². The highest BCUT2D eigenvalue weighted by atomic mass is 16.5. The molecule has 0 aliphatic carbocycles. The quantitative estimate of drug-likeness (QED) is 0.486. The van der Waals surface area contributed by atoms with E-state index in [1.54, 1.807) is 44.2 Å². The predicted molar refractivity (Wildman–Crippen MR) is 72.6 cm³/mol. The van der Waals surface area contributed by atoms with E-state index in [0.717, 1.165) is 0 Å². The van der Waals surface area contributed by atoms with Crippen molar-refractivity contribution >= 4 is 23.3 Å². The lowest BCUT2D eigenvalue weighted by molar-refractivity contribution is -0.142. The molecule has 6 heteroatoms. The molecule has 0 saturated carbocycles. The molecule has 20 heavy (non-hydrogen) atoms. The van der Waals surface area contributed by atoms with Crippen LogP contribution in [0.5, 0.6) is 0 Å². The van der Waals surface area contributed by atoms with Gasteiger partial charge in [0.1, 0.15) is 11.8 Å². The molecule has 6 nitrogen and oxygen atoms in total. The number of benzene rings is 1. The van der Waals surface area contributed by atoms with E-state index < -0.39 is 11.9 Å². The fourth-order valence-corrected chi connectivity index (χ4v) is 1.73. The van der Waals surface area contributed by atoms with Crippen LogP contribution in [0.2, 0.25) is 0 Å². The third-order valence-corrected chi connectivity index (χ3v) is 2.57. The molecule has 0 unspecified atom stereocenters. The summed E-state index contributed by atoms with van der Waals surface area (Å²) in [5.41, 5.74) is 0.769. The zero-order chi connectivity index (χ0) is 14.7. The summed E-state index contributed by atoms with van der Waals surface area (Å²) in [7, 11) is 0. The smallest absolute Gasteiger partial charge is 0.351 e. The van der Waals surface area contributed by atoms with Gasteiger partial charge in [-0.15, -0.1) is 0 Å². The van der Waals surface area contributed by atoms with Crippen molar-refractivity contribution < 1.29 is 14.3 Å². The molecular weight excluding hydrogens is 258 g/mol. The molecule has 1 aliphatic heterocycles. The van der Waals surface area contributed by atoms with Gasteiger partial charge in [-0.2, -0.15) is 5.26 Å². The molecule has 1 aromatic rings. The maximum Gasteiger partial charge on any atom is 0.351 e. The van der Waals surface area contributed by atoms with Gasteiger partial charge in [0.25, 0.3) is 5.91 Å². The number of rotatable bonds is 2. The van der Waals surface area contributed by atoms with Gasteiger partial charge in [0, 0.05) is 0 Å². The second-order valence-electron chi connectivity index (χ2n) is 4.44. The van der Waals surface area contributed by atoms with Gasteiger partial charge in [-0.25, -0.2) is 4.79 Å². The average molecular weight is 271 g/mol. The van der Waals surface area contributed by atoms with Gasteiger partial charge in [0.05, 0.1) is 17.5 Å². The van der Waals surface area contributed by atoms with Gasteiger partial charge < -0.3 is 15.4 Å². The highest BCUT2D eigenvalue weighted by Crippen LogP contribution is 2.28. The molecule has 0 radical (unpaired) electrons. The topological polar surface area (TPSA) is 91.2 Å². The summed E-state index contributed by atoms with van der Waals surface area (Å²) in [5.74, 6) is -1.36. The maximum atomic E-state index is 12.0. The molecule has 1 heterocycles. The van der Waals surface area contributed by atoms with Gasteiger partial charge in [-0.1, -0.05) is 12.1 Å². The maximum absolute atomic E-state index is 12.0. The van der Waals surface area contributed by atoms with E-state index >= 15 is 0 Å². The Hall–Kier alpha value is -2.81. The van der Waals surface area contributed by atoms with Crippen molar-refractivity contribution in [3.8, 4) is 6.07 Å². The summed E-state index contributed by atoms with van der Waals surface area (Å²) in [4.78, 5) is 23.8. The Kier molecular flexibility index (Phi) is 3.71. The first kappa shape index (κ1) is 13.6. The number of para-hydroxylation sites is 2. The normalized spacial score (nSPS) is 15.6. The molecule has 1 aromatic carbocycles. The van der Waals surface area contributed by atoms with Crippen LogP contribution in [-0.4, -0.2) is 18.0 Å². The Morgan fingerprint density at radius 3 is 2.40 bits per heavy atom. The highest BCUT2D eigenvalue weighted by Gasteiger charge is 2.27. The number of hydrogen-bond acceptors (Lipinski definition) is 5. The first-order chi connectivity index (χ1) is 9.52. The zero-order valence-electron chi connectivity index (χ0n) is 11.1. The largest absolute Gasteiger partial charge is 0.459 e. The van der Waals surface area contributed by atoms with Crippen molar-refractivity contribution in [2.24, 2.45) is 0 Å². The molecule has 0 saturated heterocycles. The summed E-state index contributed by atoms with van der Waals surface area (Å²) >= 11 is 0. The van der Waals surface area contributed by atoms with E-state index in [0.29, 0.717) is 11.4 Å². The fourth-order valence-electron chi connectivity index (χ4n) is 1.73. The van der Waals surface area contributed by atoms with E-state index in [-0.39, 0.29) is 17.4 Å². The van der Waals surface area contributed by atoms with Crippen molar-refractivity contribution in [3.05, 3.63) is 35.5 Å². The van der Waals surface area contributed by atoms with Crippen LogP contribution in [0.4, 0.5) is 11.4 Å². The number of anilines is 2. The highest BCUT2D eigenvalue weighted by molar-refractivity contribution is 6.15. The lowest BCUT2D eigenvalue weighted by Crippen LogP contribution is -2.29. The molecule has 0 bridgehead atoms. The fraction of sp³-hybridized carbons (Fsp3) is 0.214. The van der Waals surface area contributed by atoms with E-state index in [4.69, 9.17) is 10.00 Å². The molecule has 0 aromatic heterocycles. The Morgan fingerprint density at radius 1 is 1.25 bits per heavy atom. The SMILES string of the molecule is CC(C)OC(=O)/C(C#N)=C1\Nc2ccccc2NC1=O. The molecule has 2 N–H and O–H groups in total. The van der Waals surface area contributed by atoms with Crippen LogP contribution in [0.15, 0.2) is 35.5 Å². The number of nitrogens with zero attached hydrogens (tertiary/aromatic N) is 1. The van der Waals surface area contributed by atoms with E-state index in [1.165, 1.54) is 0 Å². The first-order valence-electron chi connectivity index (χ1n) is 6.05. The van der Waals surface area contributed by atoms with Gasteiger partial charge in [0.2, 0.25) is 0 Å². The lowest BCUT2D eigenvalue weighted by atomic mass is 10.1. The molecule has 2 rings (SSSR count). The summed E-state index contributed by atoms with van der Waals surface area (Å²) in [5, 5.41) is 14.5. The molecule has 102 valence electrons. The van der Waals surface area contributed by atoms with Gasteiger partial charge in [-0.05, 0) is 26.0 Å². The number of ether oxygens (including phenoxy) is 1. The number of nitrogens with one attached hydrogen (secondary N) is 2. The zero-order valence-corrected chi connectivity index (χ0v) is 11.1. The lowest BCUT2D eigenvalue weighted by Gasteiger charge is -2.21. The van der Waals surface area contributed by atoms with Gasteiger partial charge in [0.15, 0.2) is 5.57 Å². The number of esters is 1. The minimum Gasteiger partial charge on any atom is -0.459 e. The minimum atomic E-state index is -0.820. The number of hydrogen-bond donors (Lipinski definition) is 2. The number of amides is 1. The van der Waals surface area contributed by atoms with Gasteiger partial charge >= 0.3 is 5.97 Å². The summed E-state index contributed by atoms with van der Waals surface area (Å²) in [6.07, 6.45) is -0.370.